The summed E-state index contributed by atoms with van der Waals surface area (Å²) in [6.07, 6.45) is 1.67. The van der Waals surface area contributed by atoms with Crippen LogP contribution >= 0.6 is 0 Å². The van der Waals surface area contributed by atoms with Crippen LogP contribution in [0.25, 0.3) is 6.08 Å². The molecule has 0 atom stereocenters. The second-order valence-electron chi connectivity index (χ2n) is 2.14. The van der Waals surface area contributed by atoms with Crippen LogP contribution in [-0.2, 0) is 0 Å². The van der Waals surface area contributed by atoms with E-state index in [4.69, 9.17) is 5.02 Å². The smallest absolute Gasteiger partial charge is 0.297 e. The molecular weight excluding hydrogens is 142 g/mol. The lowest BCUT2D eigenvalue weighted by Crippen LogP contribution is -1.79. The molecule has 11 heavy (non-hydrogen) atoms. The van der Waals surface area contributed by atoms with Crippen molar-refractivity contribution in [3.8, 4) is 0 Å². The minimum absolute atomic E-state index is 0.0173. The predicted octanol–water partition coefficient (Wildman–Crippen LogP) is 1.14. The van der Waals surface area contributed by atoms with Crippen molar-refractivity contribution in [3.63, 3.8) is 0 Å². The SMILES string of the molecule is OB/C=C/c1cccc(F)c1. The van der Waals surface area contributed by atoms with Crippen LogP contribution in [0, 0.1) is 5.82 Å². The Bertz CT molecular complexity index is 260. The summed E-state index contributed by atoms with van der Waals surface area (Å²) in [5, 5.41) is 8.42. The van der Waals surface area contributed by atoms with Crippen molar-refractivity contribution < 1.29 is 9.41 Å². The molecule has 1 nitrogen and oxygen atoms in total. The third-order valence-corrected chi connectivity index (χ3v) is 1.26. The fourth-order valence-electron chi connectivity index (χ4n) is 0.799. The van der Waals surface area contributed by atoms with Crippen molar-refractivity contribution in [1.82, 2.24) is 0 Å². The van der Waals surface area contributed by atoms with Gasteiger partial charge < -0.3 is 5.02 Å². The normalized spacial score (nSPS) is 10.4. The minimum Gasteiger partial charge on any atom is -0.450 e. The van der Waals surface area contributed by atoms with Gasteiger partial charge in [-0.2, -0.15) is 0 Å². The minimum atomic E-state index is -0.259. The van der Waals surface area contributed by atoms with Crippen molar-refractivity contribution in [1.29, 1.82) is 0 Å². The molecule has 0 aliphatic heterocycles. The Kier molecular flexibility index (Phi) is 2.87. The van der Waals surface area contributed by atoms with E-state index in [9.17, 15) is 4.39 Å². The lowest BCUT2D eigenvalue weighted by Gasteiger charge is -1.91. The Morgan fingerprint density at radius 3 is 2.91 bits per heavy atom. The van der Waals surface area contributed by atoms with E-state index >= 15 is 0 Å². The van der Waals surface area contributed by atoms with Gasteiger partial charge in [-0.15, -0.1) is 0 Å². The van der Waals surface area contributed by atoms with Crippen LogP contribution in [0.4, 0.5) is 4.39 Å². The van der Waals surface area contributed by atoms with E-state index < -0.39 is 0 Å². The van der Waals surface area contributed by atoms with E-state index in [0.717, 1.165) is 5.56 Å². The van der Waals surface area contributed by atoms with Gasteiger partial charge >= 0.3 is 0 Å². The summed E-state index contributed by atoms with van der Waals surface area (Å²) in [6.45, 7) is 0. The first kappa shape index (κ1) is 8.02. The van der Waals surface area contributed by atoms with Crippen molar-refractivity contribution >= 4 is 13.6 Å². The Morgan fingerprint density at radius 2 is 2.27 bits per heavy atom. The molecule has 0 heterocycles. The molecular formula is C8H8BFO. The van der Waals surface area contributed by atoms with Crippen molar-refractivity contribution in [3.05, 3.63) is 41.6 Å². The first-order chi connectivity index (χ1) is 5.33. The molecule has 0 saturated heterocycles. The lowest BCUT2D eigenvalue weighted by atomic mass is 10.0. The molecule has 1 aromatic rings. The highest BCUT2D eigenvalue weighted by atomic mass is 19.1. The first-order valence-electron chi connectivity index (χ1n) is 3.36. The van der Waals surface area contributed by atoms with Crippen LogP contribution in [0.5, 0.6) is 0 Å². The molecule has 1 aromatic carbocycles. The van der Waals surface area contributed by atoms with Gasteiger partial charge in [0.05, 0.1) is 0 Å². The van der Waals surface area contributed by atoms with Crippen LogP contribution in [0.1, 0.15) is 5.56 Å². The fourth-order valence-corrected chi connectivity index (χ4v) is 0.799. The van der Waals surface area contributed by atoms with Crippen LogP contribution in [0.15, 0.2) is 30.2 Å². The van der Waals surface area contributed by atoms with Gasteiger partial charge in [-0.25, -0.2) is 4.39 Å². The van der Waals surface area contributed by atoms with Crippen molar-refractivity contribution in [2.75, 3.05) is 0 Å². The van der Waals surface area contributed by atoms with E-state index in [-0.39, 0.29) is 13.3 Å². The molecule has 1 N–H and O–H groups in total. The molecule has 0 aliphatic carbocycles. The zero-order chi connectivity index (χ0) is 8.10. The van der Waals surface area contributed by atoms with Crippen molar-refractivity contribution in [2.24, 2.45) is 0 Å². The van der Waals surface area contributed by atoms with Gasteiger partial charge in [0.15, 0.2) is 0 Å². The third-order valence-electron chi connectivity index (χ3n) is 1.26. The second kappa shape index (κ2) is 3.93. The maximum Gasteiger partial charge on any atom is 0.297 e. The van der Waals surface area contributed by atoms with Gasteiger partial charge in [-0.1, -0.05) is 24.2 Å². The summed E-state index contributed by atoms with van der Waals surface area (Å²) in [5.41, 5.74) is 0.763. The Labute approximate surface area is 65.5 Å². The summed E-state index contributed by atoms with van der Waals surface area (Å²) < 4.78 is 12.5. The second-order valence-corrected chi connectivity index (χ2v) is 2.14. The number of hydrogen-bond acceptors (Lipinski definition) is 1. The van der Waals surface area contributed by atoms with E-state index in [1.807, 2.05) is 0 Å². The Hall–Kier alpha value is -1.09. The lowest BCUT2D eigenvalue weighted by molar-refractivity contribution is 0.614. The molecule has 1 rings (SSSR count). The Morgan fingerprint density at radius 1 is 1.45 bits per heavy atom. The van der Waals surface area contributed by atoms with Gasteiger partial charge in [0, 0.05) is 0 Å². The molecule has 0 amide bonds. The summed E-state index contributed by atoms with van der Waals surface area (Å²) in [5.74, 6) is 1.31. The van der Waals surface area contributed by atoms with Crippen LogP contribution in [0.3, 0.4) is 0 Å². The van der Waals surface area contributed by atoms with E-state index in [1.165, 1.54) is 12.1 Å². The molecule has 0 spiro atoms. The average Bonchev–Trinajstić information content (AvgIpc) is 2.01. The molecule has 3 heteroatoms. The largest absolute Gasteiger partial charge is 0.450 e. The summed E-state index contributed by atoms with van der Waals surface area (Å²) in [7, 11) is -0.0173. The third kappa shape index (κ3) is 2.56. The van der Waals surface area contributed by atoms with Gasteiger partial charge in [0.1, 0.15) is 5.82 Å². The molecule has 0 radical (unpaired) electrons. The van der Waals surface area contributed by atoms with Gasteiger partial charge in [-0.3, -0.25) is 0 Å². The zero-order valence-electron chi connectivity index (χ0n) is 6.00. The topological polar surface area (TPSA) is 20.2 Å². The van der Waals surface area contributed by atoms with E-state index in [0.29, 0.717) is 0 Å². The molecule has 0 bridgehead atoms. The summed E-state index contributed by atoms with van der Waals surface area (Å²) in [6, 6.07) is 6.20. The van der Waals surface area contributed by atoms with Gasteiger partial charge in [-0.05, 0) is 17.7 Å². The highest BCUT2D eigenvalue weighted by Crippen LogP contribution is 2.04. The zero-order valence-corrected chi connectivity index (χ0v) is 6.00. The molecule has 0 unspecified atom stereocenters. The number of hydrogen-bond donors (Lipinski definition) is 1. The average molecular weight is 150 g/mol. The standard InChI is InChI=1S/C8H8BFO/c10-8-3-1-2-7(6-8)4-5-9-11/h1-6,9,11H/b5-4+. The van der Waals surface area contributed by atoms with E-state index in [1.54, 1.807) is 24.2 Å². The predicted molar refractivity (Wildman–Crippen MR) is 44.8 cm³/mol. The molecule has 0 saturated carbocycles. The number of benzene rings is 1. The number of halogens is 1. The first-order valence-corrected chi connectivity index (χ1v) is 3.36. The molecule has 0 fully saturated rings. The van der Waals surface area contributed by atoms with Crippen LogP contribution in [-0.4, -0.2) is 12.5 Å². The van der Waals surface area contributed by atoms with Crippen LogP contribution < -0.4 is 0 Å². The van der Waals surface area contributed by atoms with Gasteiger partial charge in [0.25, 0.3) is 7.48 Å². The number of rotatable bonds is 2. The van der Waals surface area contributed by atoms with Crippen LogP contribution in [0.2, 0.25) is 0 Å². The summed E-state index contributed by atoms with van der Waals surface area (Å²) in [4.78, 5) is 0. The van der Waals surface area contributed by atoms with E-state index in [2.05, 4.69) is 0 Å². The van der Waals surface area contributed by atoms with Gasteiger partial charge in [0.2, 0.25) is 0 Å². The van der Waals surface area contributed by atoms with Crippen molar-refractivity contribution in [2.45, 2.75) is 0 Å². The fraction of sp³-hybridized carbons (Fsp3) is 0. The highest BCUT2D eigenvalue weighted by molar-refractivity contribution is 6.33. The molecule has 56 valence electrons. The molecule has 0 aromatic heterocycles. The monoisotopic (exact) mass is 150 g/mol. The Balaban J connectivity index is 2.79. The molecule has 0 aliphatic rings. The quantitative estimate of drug-likeness (QED) is 0.626. The maximum absolute atomic E-state index is 12.5. The summed E-state index contributed by atoms with van der Waals surface area (Å²) >= 11 is 0. The highest BCUT2D eigenvalue weighted by Gasteiger charge is 1.88. The maximum atomic E-state index is 12.5.